The van der Waals surface area contributed by atoms with Crippen molar-refractivity contribution in [3.8, 4) is 0 Å². The quantitative estimate of drug-likeness (QED) is 0.316. The van der Waals surface area contributed by atoms with E-state index in [0.717, 1.165) is 44.0 Å². The molecule has 1 fully saturated rings. The van der Waals surface area contributed by atoms with E-state index in [1.807, 2.05) is 6.92 Å². The van der Waals surface area contributed by atoms with Crippen molar-refractivity contribution in [3.63, 3.8) is 0 Å². The zero-order valence-electron chi connectivity index (χ0n) is 12.1. The van der Waals surface area contributed by atoms with Crippen molar-refractivity contribution in [1.29, 1.82) is 0 Å². The molecule has 3 N–H and O–H groups in total. The Labute approximate surface area is 142 Å². The van der Waals surface area contributed by atoms with E-state index in [1.165, 1.54) is 24.3 Å². The Kier molecular flexibility index (Phi) is 8.44. The zero-order chi connectivity index (χ0) is 13.5. The van der Waals surface area contributed by atoms with E-state index in [0.29, 0.717) is 5.96 Å². The van der Waals surface area contributed by atoms with Crippen molar-refractivity contribution < 1.29 is 0 Å². The summed E-state index contributed by atoms with van der Waals surface area (Å²) in [5.74, 6) is 1.39. The van der Waals surface area contributed by atoms with Gasteiger partial charge in [0.15, 0.2) is 5.96 Å². The second-order valence-electron chi connectivity index (χ2n) is 5.29. The number of rotatable bonds is 7. The van der Waals surface area contributed by atoms with E-state index in [4.69, 9.17) is 5.73 Å². The number of thiazole rings is 1. The van der Waals surface area contributed by atoms with Gasteiger partial charge in [-0.3, -0.25) is 4.99 Å². The largest absolute Gasteiger partial charge is 0.370 e. The fraction of sp³-hybridized carbons (Fsp3) is 0.714. The fourth-order valence-corrected chi connectivity index (χ4v) is 2.91. The first-order chi connectivity index (χ1) is 9.24. The molecule has 0 saturated heterocycles. The van der Waals surface area contributed by atoms with Gasteiger partial charge in [0.25, 0.3) is 0 Å². The second kappa shape index (κ2) is 9.55. The molecular weight excluding hydrogens is 383 g/mol. The number of guanidine groups is 1. The van der Waals surface area contributed by atoms with Crippen molar-refractivity contribution in [3.05, 3.63) is 16.1 Å². The number of nitrogens with zero attached hydrogens (tertiary/aromatic N) is 2. The Morgan fingerprint density at radius 3 is 2.90 bits per heavy atom. The van der Waals surface area contributed by atoms with E-state index < -0.39 is 0 Å². The summed E-state index contributed by atoms with van der Waals surface area (Å²) in [5, 5.41) is 6.54. The molecule has 0 bridgehead atoms. The molecule has 114 valence electrons. The first kappa shape index (κ1) is 17.7. The molecule has 1 heterocycles. The number of nitrogens with two attached hydrogens (primary N) is 1. The number of aryl methyl sites for hydroxylation is 2. The summed E-state index contributed by atoms with van der Waals surface area (Å²) in [5.41, 5.74) is 6.96. The summed E-state index contributed by atoms with van der Waals surface area (Å²) < 4.78 is 0. The first-order valence-corrected chi connectivity index (χ1v) is 8.07. The van der Waals surface area contributed by atoms with Crippen molar-refractivity contribution >= 4 is 41.3 Å². The summed E-state index contributed by atoms with van der Waals surface area (Å²) in [6, 6.07) is 0. The Bertz CT molecular complexity index is 415. The normalized spacial score (nSPS) is 15.6. The molecule has 1 aliphatic rings. The predicted molar refractivity (Wildman–Crippen MR) is 97.0 cm³/mol. The molecule has 2 rings (SSSR count). The van der Waals surface area contributed by atoms with Crippen LogP contribution in [0.1, 0.15) is 42.8 Å². The van der Waals surface area contributed by atoms with Crippen LogP contribution in [0.25, 0.3) is 0 Å². The summed E-state index contributed by atoms with van der Waals surface area (Å²) in [6.07, 6.45) is 7.34. The monoisotopic (exact) mass is 408 g/mol. The molecule has 0 amide bonds. The Hall–Kier alpha value is -0.370. The Balaban J connectivity index is 0.00000200. The number of hydrogen-bond acceptors (Lipinski definition) is 3. The molecule has 0 radical (unpaired) electrons. The minimum atomic E-state index is 0. The van der Waals surface area contributed by atoms with E-state index >= 15 is 0 Å². The molecule has 0 unspecified atom stereocenters. The first-order valence-electron chi connectivity index (χ1n) is 7.19. The van der Waals surface area contributed by atoms with Gasteiger partial charge in [0.2, 0.25) is 0 Å². The number of nitrogens with one attached hydrogen (secondary N) is 1. The van der Waals surface area contributed by atoms with E-state index in [1.54, 1.807) is 11.3 Å². The molecule has 0 aromatic carbocycles. The van der Waals surface area contributed by atoms with Crippen LogP contribution in [0, 0.1) is 12.8 Å². The highest BCUT2D eigenvalue weighted by Crippen LogP contribution is 2.26. The van der Waals surface area contributed by atoms with Crippen molar-refractivity contribution in [2.45, 2.75) is 45.4 Å². The van der Waals surface area contributed by atoms with Crippen LogP contribution in [0.4, 0.5) is 0 Å². The van der Waals surface area contributed by atoms with Crippen molar-refractivity contribution in [2.24, 2.45) is 16.6 Å². The molecule has 4 nitrogen and oxygen atoms in total. The van der Waals surface area contributed by atoms with Crippen LogP contribution in [0.3, 0.4) is 0 Å². The van der Waals surface area contributed by atoms with Gasteiger partial charge in [0, 0.05) is 24.2 Å². The summed E-state index contributed by atoms with van der Waals surface area (Å²) in [4.78, 5) is 8.84. The van der Waals surface area contributed by atoms with Gasteiger partial charge in [-0.25, -0.2) is 4.98 Å². The van der Waals surface area contributed by atoms with E-state index in [9.17, 15) is 0 Å². The smallest absolute Gasteiger partial charge is 0.188 e. The second-order valence-corrected chi connectivity index (χ2v) is 6.23. The topological polar surface area (TPSA) is 63.3 Å². The van der Waals surface area contributed by atoms with Crippen LogP contribution >= 0.6 is 35.3 Å². The minimum Gasteiger partial charge on any atom is -0.370 e. The highest BCUT2D eigenvalue weighted by Gasteiger charge is 2.16. The number of halogens is 1. The van der Waals surface area contributed by atoms with Gasteiger partial charge >= 0.3 is 0 Å². The molecule has 0 spiro atoms. The highest BCUT2D eigenvalue weighted by molar-refractivity contribution is 14.0. The van der Waals surface area contributed by atoms with Crippen LogP contribution in [0.2, 0.25) is 0 Å². The molecule has 6 heteroatoms. The maximum atomic E-state index is 5.83. The van der Waals surface area contributed by atoms with Crippen LogP contribution in [-0.2, 0) is 6.42 Å². The Morgan fingerprint density at radius 2 is 2.30 bits per heavy atom. The number of unbranched alkanes of at least 4 members (excludes halogenated alkanes) is 1. The molecule has 0 aliphatic heterocycles. The van der Waals surface area contributed by atoms with E-state index in [2.05, 4.69) is 20.7 Å². The molecule has 1 aromatic heterocycles. The van der Waals surface area contributed by atoms with Gasteiger partial charge in [0.05, 0.1) is 5.01 Å². The maximum Gasteiger partial charge on any atom is 0.188 e. The van der Waals surface area contributed by atoms with Gasteiger partial charge in [-0.2, -0.15) is 0 Å². The average molecular weight is 408 g/mol. The molecular formula is C14H25IN4S. The Morgan fingerprint density at radius 1 is 1.50 bits per heavy atom. The molecule has 0 atom stereocenters. The van der Waals surface area contributed by atoms with Gasteiger partial charge in [-0.15, -0.1) is 35.3 Å². The average Bonchev–Trinajstić information content (AvgIpc) is 2.72. The van der Waals surface area contributed by atoms with Gasteiger partial charge < -0.3 is 11.1 Å². The van der Waals surface area contributed by atoms with E-state index in [-0.39, 0.29) is 24.0 Å². The molecule has 20 heavy (non-hydrogen) atoms. The number of aliphatic imine (C=N–C) groups is 1. The SMILES string of the molecule is Cc1csc(CCCCNC(N)=NCC2CCC2)n1.I. The molecule has 1 aliphatic carbocycles. The lowest BCUT2D eigenvalue weighted by Gasteiger charge is -2.23. The third-order valence-electron chi connectivity index (χ3n) is 3.53. The lowest BCUT2D eigenvalue weighted by molar-refractivity contribution is 0.326. The minimum absolute atomic E-state index is 0. The van der Waals surface area contributed by atoms with Crippen molar-refractivity contribution in [2.75, 3.05) is 13.1 Å². The molecule has 1 aromatic rings. The van der Waals surface area contributed by atoms with Crippen molar-refractivity contribution in [1.82, 2.24) is 10.3 Å². The summed E-state index contributed by atoms with van der Waals surface area (Å²) >= 11 is 1.75. The third-order valence-corrected chi connectivity index (χ3v) is 4.56. The zero-order valence-corrected chi connectivity index (χ0v) is 15.2. The molecule has 1 saturated carbocycles. The third kappa shape index (κ3) is 6.39. The lowest BCUT2D eigenvalue weighted by atomic mass is 9.86. The van der Waals surface area contributed by atoms with Gasteiger partial charge in [-0.1, -0.05) is 6.42 Å². The maximum absolute atomic E-state index is 5.83. The highest BCUT2D eigenvalue weighted by atomic mass is 127. The summed E-state index contributed by atoms with van der Waals surface area (Å²) in [6.45, 7) is 3.85. The van der Waals surface area contributed by atoms with Crippen LogP contribution < -0.4 is 11.1 Å². The standard InChI is InChI=1S/C14H24N4S.HI/c1-11-10-19-13(18-11)7-2-3-8-16-14(15)17-9-12-5-4-6-12;/h10,12H,2-9H2,1H3,(H3,15,16,17);1H. The van der Waals surface area contributed by atoms with Crippen LogP contribution in [0.15, 0.2) is 10.4 Å². The predicted octanol–water partition coefficient (Wildman–Crippen LogP) is 3.10. The van der Waals surface area contributed by atoms with Gasteiger partial charge in [-0.05, 0) is 44.9 Å². The summed E-state index contributed by atoms with van der Waals surface area (Å²) in [7, 11) is 0. The number of hydrogen-bond donors (Lipinski definition) is 2. The number of aromatic nitrogens is 1. The van der Waals surface area contributed by atoms with Gasteiger partial charge in [0.1, 0.15) is 0 Å². The van der Waals surface area contributed by atoms with Crippen LogP contribution in [-0.4, -0.2) is 24.0 Å². The fourth-order valence-electron chi connectivity index (χ4n) is 2.09. The van der Waals surface area contributed by atoms with Crippen LogP contribution in [0.5, 0.6) is 0 Å². The lowest BCUT2D eigenvalue weighted by Crippen LogP contribution is -2.33.